The van der Waals surface area contributed by atoms with Crippen LogP contribution in [0.5, 0.6) is 0 Å². The van der Waals surface area contributed by atoms with E-state index in [1.54, 1.807) is 19.1 Å². The Labute approximate surface area is 236 Å². The number of hydrogen-bond donors (Lipinski definition) is 1. The molecule has 206 valence electrons. The molecular weight excluding hydrogens is 528 g/mol. The number of aryl methyl sites for hydroxylation is 1. The van der Waals surface area contributed by atoms with Crippen LogP contribution in [0.15, 0.2) is 60.1 Å². The number of imidazole rings is 1. The molecule has 1 fully saturated rings. The Bertz CT molecular complexity index is 1650. The second-order valence-corrected chi connectivity index (χ2v) is 10.9. The van der Waals surface area contributed by atoms with E-state index >= 15 is 4.39 Å². The van der Waals surface area contributed by atoms with E-state index in [0.29, 0.717) is 24.1 Å². The quantitative estimate of drug-likeness (QED) is 0.263. The van der Waals surface area contributed by atoms with Crippen LogP contribution < -0.4 is 4.90 Å². The van der Waals surface area contributed by atoms with Gasteiger partial charge in [0.05, 0.1) is 29.4 Å². The molecule has 0 atom stereocenters. The minimum absolute atomic E-state index is 0.173. The summed E-state index contributed by atoms with van der Waals surface area (Å²) in [5.74, 6) is -0.574. The Hall–Kier alpha value is -3.66. The SMILES string of the molecule is CCc1nc2ccc(N3CCN(CCO)CC3)cn2c1-c1ccc(-c2nc(-c3ccc(F)cc3)cs2)c(C)c1F. The summed E-state index contributed by atoms with van der Waals surface area (Å²) in [6.45, 7) is 8.22. The largest absolute Gasteiger partial charge is 0.395 e. The van der Waals surface area contributed by atoms with Gasteiger partial charge in [-0.15, -0.1) is 11.3 Å². The Balaban J connectivity index is 1.35. The highest BCUT2D eigenvalue weighted by molar-refractivity contribution is 7.13. The number of rotatable bonds is 7. The van der Waals surface area contributed by atoms with Crippen LogP contribution in [0.25, 0.3) is 38.7 Å². The molecule has 40 heavy (non-hydrogen) atoms. The molecule has 0 unspecified atom stereocenters. The highest BCUT2D eigenvalue weighted by Crippen LogP contribution is 2.37. The van der Waals surface area contributed by atoms with Gasteiger partial charge in [0.2, 0.25) is 0 Å². The van der Waals surface area contributed by atoms with Crippen LogP contribution in [0.1, 0.15) is 18.2 Å². The third-order valence-corrected chi connectivity index (χ3v) is 8.56. The van der Waals surface area contributed by atoms with Gasteiger partial charge in [-0.3, -0.25) is 9.30 Å². The molecule has 0 saturated carbocycles. The smallest absolute Gasteiger partial charge is 0.137 e. The number of halogens is 2. The molecule has 2 aromatic carbocycles. The molecular formula is C31H31F2N5OS. The summed E-state index contributed by atoms with van der Waals surface area (Å²) >= 11 is 1.45. The Morgan fingerprint density at radius 2 is 1.68 bits per heavy atom. The van der Waals surface area contributed by atoms with Gasteiger partial charge < -0.3 is 10.0 Å². The van der Waals surface area contributed by atoms with Crippen molar-refractivity contribution in [3.8, 4) is 33.1 Å². The molecule has 6 nitrogen and oxygen atoms in total. The number of pyridine rings is 1. The van der Waals surface area contributed by atoms with Gasteiger partial charge in [-0.1, -0.05) is 13.0 Å². The van der Waals surface area contributed by atoms with E-state index in [1.165, 1.54) is 23.5 Å². The summed E-state index contributed by atoms with van der Waals surface area (Å²) in [7, 11) is 0. The van der Waals surface area contributed by atoms with Gasteiger partial charge >= 0.3 is 0 Å². The fourth-order valence-corrected chi connectivity index (χ4v) is 6.33. The Morgan fingerprint density at radius 3 is 2.40 bits per heavy atom. The van der Waals surface area contributed by atoms with Crippen LogP contribution in [-0.2, 0) is 6.42 Å². The number of aromatic nitrogens is 3. The molecule has 1 N–H and O–H groups in total. The lowest BCUT2D eigenvalue weighted by atomic mass is 10.0. The number of aliphatic hydroxyl groups excluding tert-OH is 1. The van der Waals surface area contributed by atoms with E-state index < -0.39 is 0 Å². The van der Waals surface area contributed by atoms with E-state index in [2.05, 4.69) is 22.1 Å². The fraction of sp³-hybridized carbons (Fsp3) is 0.290. The highest BCUT2D eigenvalue weighted by atomic mass is 32.1. The van der Waals surface area contributed by atoms with Gasteiger partial charge in [0.1, 0.15) is 22.3 Å². The predicted molar refractivity (Wildman–Crippen MR) is 157 cm³/mol. The number of β-amino-alcohol motifs (C(OH)–C–C–N with tert-alkyl or cyclic N) is 1. The first kappa shape index (κ1) is 26.6. The van der Waals surface area contributed by atoms with Crippen molar-refractivity contribution in [1.82, 2.24) is 19.3 Å². The van der Waals surface area contributed by atoms with Crippen LogP contribution in [0.2, 0.25) is 0 Å². The summed E-state index contributed by atoms with van der Waals surface area (Å²) in [4.78, 5) is 14.1. The fourth-order valence-electron chi connectivity index (χ4n) is 5.42. The summed E-state index contributed by atoms with van der Waals surface area (Å²) in [5, 5.41) is 11.9. The van der Waals surface area contributed by atoms with Gasteiger partial charge in [-0.05, 0) is 61.4 Å². The minimum atomic E-state index is -0.292. The van der Waals surface area contributed by atoms with Gasteiger partial charge in [0.25, 0.3) is 0 Å². The zero-order valence-corrected chi connectivity index (χ0v) is 23.4. The molecule has 3 aromatic heterocycles. The number of fused-ring (bicyclic) bond motifs is 1. The summed E-state index contributed by atoms with van der Waals surface area (Å²) < 4.78 is 31.5. The van der Waals surface area contributed by atoms with Crippen molar-refractivity contribution < 1.29 is 13.9 Å². The third-order valence-electron chi connectivity index (χ3n) is 7.68. The molecule has 5 aromatic rings. The van der Waals surface area contributed by atoms with Crippen molar-refractivity contribution in [1.29, 1.82) is 0 Å². The predicted octanol–water partition coefficient (Wildman–Crippen LogP) is 6.06. The van der Waals surface area contributed by atoms with Crippen molar-refractivity contribution in [2.75, 3.05) is 44.2 Å². The van der Waals surface area contributed by atoms with Crippen LogP contribution >= 0.6 is 11.3 Å². The standard InChI is InChI=1S/C31H31F2N5OS/c1-3-26-30(38-18-23(8-11-28(38)34-26)37-14-12-36(13-15-37)16-17-39)25-10-9-24(20(2)29(25)33)31-35-27(19-40-31)21-4-6-22(32)7-5-21/h4-11,18-19,39H,3,12-17H2,1-2H3. The first-order chi connectivity index (χ1) is 19.5. The Morgan fingerprint density at radius 1 is 0.925 bits per heavy atom. The lowest BCUT2D eigenvalue weighted by molar-refractivity contribution is 0.189. The van der Waals surface area contributed by atoms with Gasteiger partial charge in [-0.2, -0.15) is 0 Å². The van der Waals surface area contributed by atoms with Crippen molar-refractivity contribution in [3.05, 3.63) is 83.0 Å². The van der Waals surface area contributed by atoms with Crippen LogP contribution in [0.4, 0.5) is 14.5 Å². The van der Waals surface area contributed by atoms with Crippen LogP contribution in [0.3, 0.4) is 0 Å². The molecule has 0 radical (unpaired) electrons. The topological polar surface area (TPSA) is 56.9 Å². The van der Waals surface area contributed by atoms with Crippen molar-refractivity contribution in [3.63, 3.8) is 0 Å². The average Bonchev–Trinajstić information content (AvgIpc) is 3.60. The van der Waals surface area contributed by atoms with Gasteiger partial charge in [-0.25, -0.2) is 18.7 Å². The number of aliphatic hydroxyl groups is 1. The lowest BCUT2D eigenvalue weighted by Gasteiger charge is -2.35. The highest BCUT2D eigenvalue weighted by Gasteiger charge is 2.22. The molecule has 9 heteroatoms. The van der Waals surface area contributed by atoms with E-state index in [4.69, 9.17) is 9.97 Å². The number of benzene rings is 2. The zero-order valence-electron chi connectivity index (χ0n) is 22.6. The van der Waals surface area contributed by atoms with Crippen LogP contribution in [-0.4, -0.2) is 63.7 Å². The molecule has 1 aliphatic heterocycles. The van der Waals surface area contributed by atoms with E-state index in [0.717, 1.165) is 70.7 Å². The maximum atomic E-state index is 16.2. The number of thiazole rings is 1. The Kier molecular flexibility index (Phi) is 7.35. The molecule has 0 spiro atoms. The third kappa shape index (κ3) is 4.89. The van der Waals surface area contributed by atoms with Crippen molar-refractivity contribution in [2.45, 2.75) is 20.3 Å². The minimum Gasteiger partial charge on any atom is -0.395 e. The van der Waals surface area contributed by atoms with Crippen molar-refractivity contribution in [2.24, 2.45) is 0 Å². The molecule has 4 heterocycles. The van der Waals surface area contributed by atoms with Gasteiger partial charge in [0, 0.05) is 61.0 Å². The molecule has 1 saturated heterocycles. The molecule has 0 amide bonds. The number of nitrogens with zero attached hydrogens (tertiary/aromatic N) is 5. The monoisotopic (exact) mass is 559 g/mol. The summed E-state index contributed by atoms with van der Waals surface area (Å²) in [6.07, 6.45) is 2.75. The van der Waals surface area contributed by atoms with Gasteiger partial charge in [0.15, 0.2) is 0 Å². The molecule has 0 aliphatic carbocycles. The van der Waals surface area contributed by atoms with E-state index in [1.807, 2.05) is 34.9 Å². The lowest BCUT2D eigenvalue weighted by Crippen LogP contribution is -2.47. The molecule has 0 bridgehead atoms. The number of piperazine rings is 1. The normalized spacial score (nSPS) is 14.4. The average molecular weight is 560 g/mol. The molecule has 6 rings (SSSR count). The summed E-state index contributed by atoms with van der Waals surface area (Å²) in [5.41, 5.74) is 6.85. The van der Waals surface area contributed by atoms with Crippen molar-refractivity contribution >= 4 is 22.7 Å². The maximum absolute atomic E-state index is 16.2. The van der Waals surface area contributed by atoms with Crippen LogP contribution in [0, 0.1) is 18.6 Å². The summed E-state index contributed by atoms with van der Waals surface area (Å²) in [6, 6.07) is 14.1. The van der Waals surface area contributed by atoms with E-state index in [9.17, 15) is 9.50 Å². The second-order valence-electron chi connectivity index (χ2n) is 10.1. The second kappa shape index (κ2) is 11.1. The number of hydrogen-bond acceptors (Lipinski definition) is 6. The molecule has 1 aliphatic rings. The first-order valence-electron chi connectivity index (χ1n) is 13.6. The first-order valence-corrected chi connectivity index (χ1v) is 14.4. The van der Waals surface area contributed by atoms with E-state index in [-0.39, 0.29) is 18.2 Å². The zero-order chi connectivity index (χ0) is 27.8. The maximum Gasteiger partial charge on any atom is 0.137 e. The number of anilines is 1.